The number of phenols is 2. The second-order valence-corrected chi connectivity index (χ2v) is 1.75. The van der Waals surface area contributed by atoms with E-state index in [1.54, 1.807) is 0 Å². The Bertz CT molecular complexity index is 227. The molecule has 0 aromatic heterocycles. The smallest absolute Gasteiger partial charge is 0.159 e. The van der Waals surface area contributed by atoms with E-state index < -0.39 is 0 Å². The number of nitrogens with two attached hydrogens (primary N) is 1. The minimum atomic E-state index is -0.185. The molecule has 0 saturated carbocycles. The Morgan fingerprint density at radius 2 is 1.70 bits per heavy atom. The van der Waals surface area contributed by atoms with Crippen molar-refractivity contribution in [3.05, 3.63) is 18.2 Å². The molecule has 0 radical (unpaired) electrons. The number of aromatic hydroxyl groups is 2. The molecule has 0 aliphatic heterocycles. The van der Waals surface area contributed by atoms with Crippen LogP contribution in [0.5, 0.6) is 11.5 Å². The summed E-state index contributed by atoms with van der Waals surface area (Å²) in [4.78, 5) is 0. The molecule has 0 atom stereocenters. The number of anilines is 1. The quantitative estimate of drug-likeness (QED) is 0.310. The fourth-order valence-electron chi connectivity index (χ4n) is 0.540. The van der Waals surface area contributed by atoms with Gasteiger partial charge in [-0.3, -0.25) is 0 Å². The molecule has 3 nitrogen and oxygen atoms in total. The fourth-order valence-corrected chi connectivity index (χ4v) is 0.540. The first kappa shape index (κ1) is 9.15. The van der Waals surface area contributed by atoms with Gasteiger partial charge in [0.25, 0.3) is 0 Å². The summed E-state index contributed by atoms with van der Waals surface area (Å²) in [6.07, 6.45) is 0. The Hall–Kier alpha value is -0.848. The van der Waals surface area contributed by atoms with Crippen LogP contribution in [0, 0.1) is 0 Å². The standard InChI is InChI=1S/C6H7NO2.Cr/c7-4-1-2-5(8)6(9)3-4;/h1-3,8-9H,7H2;. The minimum Gasteiger partial charge on any atom is -0.504 e. The van der Waals surface area contributed by atoms with Crippen LogP contribution in [0.1, 0.15) is 0 Å². The van der Waals surface area contributed by atoms with E-state index in [1.165, 1.54) is 18.2 Å². The molecule has 0 heterocycles. The van der Waals surface area contributed by atoms with Crippen LogP contribution in [0.4, 0.5) is 5.69 Å². The third kappa shape index (κ3) is 1.83. The molecule has 1 aromatic rings. The summed E-state index contributed by atoms with van der Waals surface area (Å²) in [6, 6.07) is 4.13. The number of phenolic OH excluding ortho intramolecular Hbond substituents is 2. The Kier molecular flexibility index (Phi) is 3.07. The van der Waals surface area contributed by atoms with Crippen molar-refractivity contribution in [3.63, 3.8) is 0 Å². The van der Waals surface area contributed by atoms with E-state index in [0.717, 1.165) is 0 Å². The molecule has 4 heteroatoms. The average Bonchev–Trinajstić information content (AvgIpc) is 1.80. The van der Waals surface area contributed by atoms with Crippen LogP contribution < -0.4 is 5.73 Å². The molecule has 0 spiro atoms. The van der Waals surface area contributed by atoms with E-state index in [0.29, 0.717) is 5.69 Å². The van der Waals surface area contributed by atoms with Crippen LogP contribution in [-0.2, 0) is 17.4 Å². The van der Waals surface area contributed by atoms with E-state index in [9.17, 15) is 0 Å². The topological polar surface area (TPSA) is 66.5 Å². The molecule has 0 aliphatic carbocycles. The van der Waals surface area contributed by atoms with Gasteiger partial charge in [-0.1, -0.05) is 0 Å². The van der Waals surface area contributed by atoms with Crippen LogP contribution in [0.25, 0.3) is 0 Å². The molecule has 1 rings (SSSR count). The monoisotopic (exact) mass is 177 g/mol. The Morgan fingerprint density at radius 3 is 2.10 bits per heavy atom. The van der Waals surface area contributed by atoms with Gasteiger partial charge in [-0.2, -0.15) is 0 Å². The Balaban J connectivity index is 0.000000810. The first-order chi connectivity index (χ1) is 4.20. The normalized spacial score (nSPS) is 8.40. The Morgan fingerprint density at radius 1 is 1.10 bits per heavy atom. The largest absolute Gasteiger partial charge is 0.504 e. The molecule has 10 heavy (non-hydrogen) atoms. The van der Waals surface area contributed by atoms with Crippen molar-refractivity contribution in [1.29, 1.82) is 0 Å². The molecule has 1 aromatic carbocycles. The van der Waals surface area contributed by atoms with E-state index in [-0.39, 0.29) is 28.9 Å². The van der Waals surface area contributed by atoms with Crippen molar-refractivity contribution in [3.8, 4) is 11.5 Å². The summed E-state index contributed by atoms with van der Waals surface area (Å²) >= 11 is 0. The molecule has 0 aliphatic rings. The molecular formula is C6H7CrNO2. The van der Waals surface area contributed by atoms with Gasteiger partial charge in [0.05, 0.1) is 0 Å². The first-order valence-corrected chi connectivity index (χ1v) is 2.47. The van der Waals surface area contributed by atoms with Gasteiger partial charge in [0.15, 0.2) is 11.5 Å². The molecule has 54 valence electrons. The summed E-state index contributed by atoms with van der Waals surface area (Å²) in [7, 11) is 0. The maximum Gasteiger partial charge on any atom is 0.159 e. The number of nitrogen functional groups attached to an aromatic ring is 1. The van der Waals surface area contributed by atoms with Crippen LogP contribution in [-0.4, -0.2) is 10.2 Å². The molecule has 0 amide bonds. The molecule has 0 saturated heterocycles. The summed E-state index contributed by atoms with van der Waals surface area (Å²) in [6.45, 7) is 0. The maximum atomic E-state index is 8.77. The zero-order chi connectivity index (χ0) is 6.85. The second-order valence-electron chi connectivity index (χ2n) is 1.75. The van der Waals surface area contributed by atoms with Gasteiger partial charge < -0.3 is 15.9 Å². The van der Waals surface area contributed by atoms with Gasteiger partial charge >= 0.3 is 0 Å². The number of benzene rings is 1. The minimum absolute atomic E-state index is 0. The zero-order valence-corrected chi connectivity index (χ0v) is 6.39. The summed E-state index contributed by atoms with van der Waals surface area (Å²) in [5, 5.41) is 17.5. The van der Waals surface area contributed by atoms with Gasteiger partial charge in [0.1, 0.15) is 0 Å². The predicted octanol–water partition coefficient (Wildman–Crippen LogP) is 0.677. The van der Waals surface area contributed by atoms with Crippen LogP contribution in [0.15, 0.2) is 18.2 Å². The van der Waals surface area contributed by atoms with E-state index >= 15 is 0 Å². The Labute approximate surface area is 69.2 Å². The van der Waals surface area contributed by atoms with E-state index in [4.69, 9.17) is 15.9 Å². The first-order valence-electron chi connectivity index (χ1n) is 2.47. The average molecular weight is 177 g/mol. The van der Waals surface area contributed by atoms with Crippen molar-refractivity contribution in [2.24, 2.45) is 0 Å². The van der Waals surface area contributed by atoms with Crippen LogP contribution >= 0.6 is 0 Å². The molecule has 0 unspecified atom stereocenters. The summed E-state index contributed by atoms with van der Waals surface area (Å²) in [5.74, 6) is -0.334. The van der Waals surface area contributed by atoms with Crippen molar-refractivity contribution in [2.75, 3.05) is 5.73 Å². The van der Waals surface area contributed by atoms with Crippen molar-refractivity contribution in [1.82, 2.24) is 0 Å². The maximum absolute atomic E-state index is 8.77. The third-order valence-electron chi connectivity index (χ3n) is 0.999. The molecule has 0 bridgehead atoms. The van der Waals surface area contributed by atoms with E-state index in [2.05, 4.69) is 0 Å². The van der Waals surface area contributed by atoms with Crippen molar-refractivity contribution in [2.45, 2.75) is 0 Å². The van der Waals surface area contributed by atoms with Crippen molar-refractivity contribution >= 4 is 5.69 Å². The summed E-state index contributed by atoms with van der Waals surface area (Å²) in [5.41, 5.74) is 5.69. The van der Waals surface area contributed by atoms with Gasteiger partial charge in [0, 0.05) is 29.1 Å². The van der Waals surface area contributed by atoms with Gasteiger partial charge in [0.2, 0.25) is 0 Å². The third-order valence-corrected chi connectivity index (χ3v) is 0.999. The van der Waals surface area contributed by atoms with Gasteiger partial charge in [-0.05, 0) is 12.1 Å². The molecular weight excluding hydrogens is 170 g/mol. The van der Waals surface area contributed by atoms with Gasteiger partial charge in [-0.15, -0.1) is 0 Å². The number of hydrogen-bond acceptors (Lipinski definition) is 3. The molecule has 4 N–H and O–H groups in total. The van der Waals surface area contributed by atoms with Crippen molar-refractivity contribution < 1.29 is 27.6 Å². The zero-order valence-electron chi connectivity index (χ0n) is 5.11. The van der Waals surface area contributed by atoms with Crippen LogP contribution in [0.2, 0.25) is 0 Å². The number of hydrogen-bond donors (Lipinski definition) is 3. The van der Waals surface area contributed by atoms with E-state index in [1.807, 2.05) is 0 Å². The summed E-state index contributed by atoms with van der Waals surface area (Å²) < 4.78 is 0. The predicted molar refractivity (Wildman–Crippen MR) is 34.2 cm³/mol. The SMILES string of the molecule is Nc1ccc(O)c(O)c1.[Cr]. The second kappa shape index (κ2) is 3.35. The molecule has 0 fully saturated rings. The van der Waals surface area contributed by atoms with Crippen LogP contribution in [0.3, 0.4) is 0 Å². The number of rotatable bonds is 0. The van der Waals surface area contributed by atoms with Gasteiger partial charge in [-0.25, -0.2) is 0 Å². The fraction of sp³-hybridized carbons (Fsp3) is 0.